The van der Waals surface area contributed by atoms with Gasteiger partial charge in [0, 0.05) is 12.6 Å². The normalized spacial score (nSPS) is 21.8. The smallest absolute Gasteiger partial charge is 0.329 e. The fraction of sp³-hybridized carbons (Fsp3) is 0.526. The average Bonchev–Trinajstić information content (AvgIpc) is 2.91. The van der Waals surface area contributed by atoms with Crippen molar-refractivity contribution in [1.82, 2.24) is 15.1 Å². The van der Waals surface area contributed by atoms with Crippen molar-refractivity contribution >= 4 is 23.5 Å². The van der Waals surface area contributed by atoms with Crippen molar-refractivity contribution in [3.63, 3.8) is 0 Å². The number of urea groups is 1. The minimum atomic E-state index is -0.796. The molecule has 0 radical (unpaired) electrons. The Kier molecular flexibility index (Phi) is 5.56. The Hall–Kier alpha value is -2.41. The molecular formula is C19H26N4O3. The van der Waals surface area contributed by atoms with E-state index in [0.717, 1.165) is 30.8 Å². The van der Waals surface area contributed by atoms with E-state index in [0.29, 0.717) is 12.2 Å². The van der Waals surface area contributed by atoms with Gasteiger partial charge in [-0.1, -0.05) is 18.2 Å². The van der Waals surface area contributed by atoms with Crippen LogP contribution in [0.15, 0.2) is 30.3 Å². The van der Waals surface area contributed by atoms with Crippen LogP contribution in [0.5, 0.6) is 0 Å². The van der Waals surface area contributed by atoms with Crippen LogP contribution in [0.4, 0.5) is 10.5 Å². The van der Waals surface area contributed by atoms with Gasteiger partial charge in [-0.3, -0.25) is 9.59 Å². The van der Waals surface area contributed by atoms with Gasteiger partial charge in [0.05, 0.1) is 12.1 Å². The van der Waals surface area contributed by atoms with Gasteiger partial charge in [0.2, 0.25) is 5.91 Å². The molecule has 2 saturated heterocycles. The molecule has 1 N–H and O–H groups in total. The van der Waals surface area contributed by atoms with Gasteiger partial charge in [-0.2, -0.15) is 0 Å². The Balaban J connectivity index is 1.65. The highest BCUT2D eigenvalue weighted by molar-refractivity contribution is 6.22. The predicted molar refractivity (Wildman–Crippen MR) is 98.8 cm³/mol. The van der Waals surface area contributed by atoms with E-state index in [1.807, 2.05) is 17.9 Å². The van der Waals surface area contributed by atoms with E-state index in [-0.39, 0.29) is 24.3 Å². The summed E-state index contributed by atoms with van der Waals surface area (Å²) >= 11 is 0. The number of anilines is 1. The third-order valence-corrected chi connectivity index (χ3v) is 5.20. The SMILES string of the molecule is CCN(C(=O)C[C@@H]1NC(=O)N(c2ccccc2)C1=O)C1CCN(C)CC1. The van der Waals surface area contributed by atoms with Gasteiger partial charge in [0.1, 0.15) is 6.04 Å². The van der Waals surface area contributed by atoms with Crippen molar-refractivity contribution in [3.8, 4) is 0 Å². The Bertz CT molecular complexity index is 671. The molecule has 1 atom stereocenters. The maximum absolute atomic E-state index is 12.8. The summed E-state index contributed by atoms with van der Waals surface area (Å²) in [5.74, 6) is -0.440. The molecule has 1 aromatic rings. The monoisotopic (exact) mass is 358 g/mol. The third kappa shape index (κ3) is 3.72. The molecule has 0 saturated carbocycles. The number of nitrogens with zero attached hydrogens (tertiary/aromatic N) is 3. The van der Waals surface area contributed by atoms with Crippen LogP contribution >= 0.6 is 0 Å². The first kappa shape index (κ1) is 18.4. The van der Waals surface area contributed by atoms with Gasteiger partial charge >= 0.3 is 6.03 Å². The van der Waals surface area contributed by atoms with E-state index >= 15 is 0 Å². The predicted octanol–water partition coefficient (Wildman–Crippen LogP) is 1.44. The highest BCUT2D eigenvalue weighted by Gasteiger charge is 2.41. The lowest BCUT2D eigenvalue weighted by Crippen LogP contribution is -2.48. The van der Waals surface area contributed by atoms with Crippen LogP contribution in [0.1, 0.15) is 26.2 Å². The molecule has 7 heteroatoms. The number of carbonyl (C=O) groups is 3. The molecule has 0 aliphatic carbocycles. The number of rotatable bonds is 5. The van der Waals surface area contributed by atoms with Crippen LogP contribution in [0.3, 0.4) is 0 Å². The molecule has 0 aromatic heterocycles. The molecule has 4 amide bonds. The number of carbonyl (C=O) groups excluding carboxylic acids is 3. The Labute approximate surface area is 153 Å². The molecule has 140 valence electrons. The largest absolute Gasteiger partial charge is 0.340 e. The number of para-hydroxylation sites is 1. The van der Waals surface area contributed by atoms with Gasteiger partial charge in [0.15, 0.2) is 0 Å². The van der Waals surface area contributed by atoms with Crippen molar-refractivity contribution < 1.29 is 14.4 Å². The van der Waals surface area contributed by atoms with E-state index in [1.54, 1.807) is 24.3 Å². The van der Waals surface area contributed by atoms with Crippen LogP contribution in [-0.4, -0.2) is 66.4 Å². The van der Waals surface area contributed by atoms with Crippen molar-refractivity contribution in [1.29, 1.82) is 0 Å². The first-order valence-corrected chi connectivity index (χ1v) is 9.18. The van der Waals surface area contributed by atoms with Gasteiger partial charge in [-0.25, -0.2) is 9.69 Å². The molecule has 2 heterocycles. The average molecular weight is 358 g/mol. The molecule has 2 fully saturated rings. The number of piperidine rings is 1. The van der Waals surface area contributed by atoms with Gasteiger partial charge in [-0.05, 0) is 52.0 Å². The number of hydrogen-bond acceptors (Lipinski definition) is 4. The topological polar surface area (TPSA) is 73.0 Å². The minimum absolute atomic E-state index is 0.00802. The van der Waals surface area contributed by atoms with Gasteiger partial charge < -0.3 is 15.1 Å². The lowest BCUT2D eigenvalue weighted by molar-refractivity contribution is -0.136. The molecule has 0 spiro atoms. The van der Waals surface area contributed by atoms with Crippen LogP contribution in [0.2, 0.25) is 0 Å². The Morgan fingerprint density at radius 1 is 1.19 bits per heavy atom. The number of likely N-dealkylation sites (tertiary alicyclic amines) is 1. The number of amides is 4. The number of hydrogen-bond donors (Lipinski definition) is 1. The second kappa shape index (κ2) is 7.86. The van der Waals surface area contributed by atoms with Crippen LogP contribution in [-0.2, 0) is 9.59 Å². The second-order valence-electron chi connectivity index (χ2n) is 6.93. The fourth-order valence-corrected chi connectivity index (χ4v) is 3.73. The van der Waals surface area contributed by atoms with Crippen molar-refractivity contribution in [2.45, 2.75) is 38.3 Å². The minimum Gasteiger partial charge on any atom is -0.340 e. The van der Waals surface area contributed by atoms with E-state index in [2.05, 4.69) is 17.3 Å². The standard InChI is InChI=1S/C19H26N4O3/c1-3-22(14-9-11-21(2)12-10-14)17(24)13-16-18(25)23(19(26)20-16)15-7-5-4-6-8-15/h4-8,14,16H,3,9-13H2,1-2H3,(H,20,26)/t16-/m0/s1. The lowest BCUT2D eigenvalue weighted by Gasteiger charge is -2.37. The fourth-order valence-electron chi connectivity index (χ4n) is 3.73. The number of nitrogens with one attached hydrogen (secondary N) is 1. The maximum atomic E-state index is 12.8. The lowest BCUT2D eigenvalue weighted by atomic mass is 10.0. The first-order chi connectivity index (χ1) is 12.5. The highest BCUT2D eigenvalue weighted by Crippen LogP contribution is 2.22. The van der Waals surface area contributed by atoms with E-state index in [9.17, 15) is 14.4 Å². The zero-order chi connectivity index (χ0) is 18.7. The van der Waals surface area contributed by atoms with Gasteiger partial charge in [-0.15, -0.1) is 0 Å². The summed E-state index contributed by atoms with van der Waals surface area (Å²) in [7, 11) is 2.08. The van der Waals surface area contributed by atoms with Crippen LogP contribution in [0.25, 0.3) is 0 Å². The first-order valence-electron chi connectivity index (χ1n) is 9.18. The zero-order valence-corrected chi connectivity index (χ0v) is 15.4. The molecule has 3 rings (SSSR count). The molecule has 0 unspecified atom stereocenters. The number of imide groups is 1. The quantitative estimate of drug-likeness (QED) is 0.809. The Morgan fingerprint density at radius 2 is 1.85 bits per heavy atom. The molecule has 26 heavy (non-hydrogen) atoms. The van der Waals surface area contributed by atoms with Crippen molar-refractivity contribution in [2.24, 2.45) is 0 Å². The molecule has 2 aliphatic heterocycles. The summed E-state index contributed by atoms with van der Waals surface area (Å²) in [6, 6.07) is 7.72. The van der Waals surface area contributed by atoms with Crippen LogP contribution in [0, 0.1) is 0 Å². The highest BCUT2D eigenvalue weighted by atomic mass is 16.2. The molecule has 0 bridgehead atoms. The van der Waals surface area contributed by atoms with E-state index in [1.165, 1.54) is 0 Å². The summed E-state index contributed by atoms with van der Waals surface area (Å²) in [4.78, 5) is 42.9. The summed E-state index contributed by atoms with van der Waals surface area (Å²) < 4.78 is 0. The molecular weight excluding hydrogens is 332 g/mol. The van der Waals surface area contributed by atoms with Crippen LogP contribution < -0.4 is 10.2 Å². The van der Waals surface area contributed by atoms with Crippen molar-refractivity contribution in [3.05, 3.63) is 30.3 Å². The second-order valence-corrected chi connectivity index (χ2v) is 6.93. The maximum Gasteiger partial charge on any atom is 0.329 e. The third-order valence-electron chi connectivity index (χ3n) is 5.20. The Morgan fingerprint density at radius 3 is 2.46 bits per heavy atom. The molecule has 7 nitrogen and oxygen atoms in total. The summed E-state index contributed by atoms with van der Waals surface area (Å²) in [5.41, 5.74) is 0.521. The van der Waals surface area contributed by atoms with E-state index < -0.39 is 12.1 Å². The summed E-state index contributed by atoms with van der Waals surface area (Å²) in [6.07, 6.45) is 1.89. The van der Waals surface area contributed by atoms with Gasteiger partial charge in [0.25, 0.3) is 5.91 Å². The zero-order valence-electron chi connectivity index (χ0n) is 15.4. The van der Waals surface area contributed by atoms with E-state index in [4.69, 9.17) is 0 Å². The summed E-state index contributed by atoms with van der Waals surface area (Å²) in [5, 5.41) is 2.65. The number of benzene rings is 1. The molecule has 1 aromatic carbocycles. The molecule has 2 aliphatic rings. The van der Waals surface area contributed by atoms with Crippen molar-refractivity contribution in [2.75, 3.05) is 31.6 Å². The summed E-state index contributed by atoms with van der Waals surface area (Å²) in [6.45, 7) is 4.51.